The maximum atomic E-state index is 12.0. The van der Waals surface area contributed by atoms with Crippen molar-refractivity contribution in [1.29, 1.82) is 0 Å². The molecule has 2 atom stereocenters. The van der Waals surface area contributed by atoms with Crippen molar-refractivity contribution in [2.45, 2.75) is 38.8 Å². The van der Waals surface area contributed by atoms with Crippen LogP contribution >= 0.6 is 0 Å². The van der Waals surface area contributed by atoms with Crippen LogP contribution in [0.25, 0.3) is 0 Å². The number of carbonyl (C=O) groups excluding carboxylic acids is 1. The zero-order valence-corrected chi connectivity index (χ0v) is 10.8. The Morgan fingerprint density at radius 1 is 1.50 bits per heavy atom. The number of phenolic OH excluding ortho intramolecular Hbond substituents is 1. The van der Waals surface area contributed by atoms with E-state index in [9.17, 15) is 9.90 Å². The molecule has 1 fully saturated rings. The van der Waals surface area contributed by atoms with Gasteiger partial charge in [-0.3, -0.25) is 4.79 Å². The maximum Gasteiger partial charge on any atom is 0.255 e. The van der Waals surface area contributed by atoms with E-state index in [0.29, 0.717) is 12.2 Å². The molecule has 0 aromatic heterocycles. The van der Waals surface area contributed by atoms with Gasteiger partial charge in [0.1, 0.15) is 5.75 Å². The van der Waals surface area contributed by atoms with Gasteiger partial charge in [0, 0.05) is 12.6 Å². The van der Waals surface area contributed by atoms with Gasteiger partial charge >= 0.3 is 0 Å². The largest absolute Gasteiger partial charge is 0.507 e. The van der Waals surface area contributed by atoms with E-state index >= 15 is 0 Å². The van der Waals surface area contributed by atoms with Crippen molar-refractivity contribution in [2.24, 2.45) is 0 Å². The van der Waals surface area contributed by atoms with E-state index in [1.54, 1.807) is 12.1 Å². The molecule has 0 saturated carbocycles. The number of nitrogens with one attached hydrogen (secondary N) is 1. The zero-order valence-electron chi connectivity index (χ0n) is 10.8. The van der Waals surface area contributed by atoms with E-state index in [1.165, 1.54) is 0 Å². The number of benzene rings is 1. The van der Waals surface area contributed by atoms with Gasteiger partial charge in [-0.2, -0.15) is 0 Å². The van der Waals surface area contributed by atoms with E-state index in [-0.39, 0.29) is 23.8 Å². The molecular formula is C14H19NO3. The van der Waals surface area contributed by atoms with Crippen molar-refractivity contribution in [1.82, 2.24) is 5.32 Å². The summed E-state index contributed by atoms with van der Waals surface area (Å²) < 4.78 is 5.43. The van der Waals surface area contributed by atoms with Crippen molar-refractivity contribution in [2.75, 3.05) is 6.61 Å². The fraction of sp³-hybridized carbons (Fsp3) is 0.500. The average molecular weight is 249 g/mol. The SMILES string of the molecule is Cc1ccc(C(=O)NC2CCOC(C)C2)c(O)c1. The molecule has 0 radical (unpaired) electrons. The molecule has 1 heterocycles. The topological polar surface area (TPSA) is 58.6 Å². The highest BCUT2D eigenvalue weighted by molar-refractivity contribution is 5.97. The Bertz CT molecular complexity index is 445. The van der Waals surface area contributed by atoms with E-state index in [1.807, 2.05) is 19.9 Å². The summed E-state index contributed by atoms with van der Waals surface area (Å²) in [6.07, 6.45) is 1.82. The quantitative estimate of drug-likeness (QED) is 0.842. The number of hydrogen-bond acceptors (Lipinski definition) is 3. The first-order valence-electron chi connectivity index (χ1n) is 6.28. The molecule has 1 aliphatic rings. The first kappa shape index (κ1) is 12.9. The van der Waals surface area contributed by atoms with Crippen molar-refractivity contribution in [3.05, 3.63) is 29.3 Å². The van der Waals surface area contributed by atoms with E-state index in [4.69, 9.17) is 4.74 Å². The lowest BCUT2D eigenvalue weighted by Crippen LogP contribution is -2.41. The molecule has 2 unspecified atom stereocenters. The first-order valence-corrected chi connectivity index (χ1v) is 6.28. The third kappa shape index (κ3) is 3.01. The molecule has 18 heavy (non-hydrogen) atoms. The van der Waals surface area contributed by atoms with E-state index in [0.717, 1.165) is 18.4 Å². The van der Waals surface area contributed by atoms with Gasteiger partial charge < -0.3 is 15.2 Å². The molecule has 4 nitrogen and oxygen atoms in total. The van der Waals surface area contributed by atoms with Crippen LogP contribution in [0.4, 0.5) is 0 Å². The summed E-state index contributed by atoms with van der Waals surface area (Å²) in [7, 11) is 0. The van der Waals surface area contributed by atoms with E-state index < -0.39 is 0 Å². The maximum absolute atomic E-state index is 12.0. The number of rotatable bonds is 2. The number of hydrogen-bond donors (Lipinski definition) is 2. The molecule has 2 N–H and O–H groups in total. The van der Waals surface area contributed by atoms with Crippen LogP contribution in [0.1, 0.15) is 35.7 Å². The molecule has 2 rings (SSSR count). The number of aromatic hydroxyl groups is 1. The Hall–Kier alpha value is -1.55. The molecule has 0 aliphatic carbocycles. The number of amides is 1. The standard InChI is InChI=1S/C14H19NO3/c1-9-3-4-12(13(16)7-9)14(17)15-11-5-6-18-10(2)8-11/h3-4,7,10-11,16H,5-6,8H2,1-2H3,(H,15,17). The molecule has 0 spiro atoms. The Labute approximate surface area is 107 Å². The summed E-state index contributed by atoms with van der Waals surface area (Å²) in [5.74, 6) is -0.181. The summed E-state index contributed by atoms with van der Waals surface area (Å²) in [6.45, 7) is 4.55. The van der Waals surface area contributed by atoms with Gasteiger partial charge in [-0.1, -0.05) is 6.07 Å². The van der Waals surface area contributed by atoms with Gasteiger partial charge in [0.15, 0.2) is 0 Å². The van der Waals surface area contributed by atoms with E-state index in [2.05, 4.69) is 5.32 Å². The summed E-state index contributed by atoms with van der Waals surface area (Å²) in [4.78, 5) is 12.0. The molecule has 1 amide bonds. The predicted octanol–water partition coefficient (Wildman–Crippen LogP) is 2.00. The lowest BCUT2D eigenvalue weighted by Gasteiger charge is -2.28. The van der Waals surface area contributed by atoms with Gasteiger partial charge in [0.05, 0.1) is 11.7 Å². The summed E-state index contributed by atoms with van der Waals surface area (Å²) in [6, 6.07) is 5.20. The second-order valence-electron chi connectivity index (χ2n) is 4.90. The Kier molecular flexibility index (Phi) is 3.87. The molecule has 1 aliphatic heterocycles. The minimum absolute atomic E-state index is 0.0348. The molecule has 98 valence electrons. The fourth-order valence-electron chi connectivity index (χ4n) is 2.23. The molecule has 1 aromatic rings. The number of phenols is 1. The Balaban J connectivity index is 2.03. The minimum Gasteiger partial charge on any atom is -0.507 e. The minimum atomic E-state index is -0.216. The number of ether oxygens (including phenoxy) is 1. The highest BCUT2D eigenvalue weighted by Crippen LogP contribution is 2.20. The summed E-state index contributed by atoms with van der Waals surface area (Å²) >= 11 is 0. The monoisotopic (exact) mass is 249 g/mol. The average Bonchev–Trinajstić information content (AvgIpc) is 2.28. The number of carbonyl (C=O) groups is 1. The normalized spacial score (nSPS) is 23.7. The van der Waals surface area contributed by atoms with Crippen LogP contribution in [0.2, 0.25) is 0 Å². The summed E-state index contributed by atoms with van der Waals surface area (Å²) in [5.41, 5.74) is 1.27. The van der Waals surface area contributed by atoms with Crippen LogP contribution in [0, 0.1) is 6.92 Å². The second-order valence-corrected chi connectivity index (χ2v) is 4.90. The lowest BCUT2D eigenvalue weighted by atomic mass is 10.0. The number of aryl methyl sites for hydroxylation is 1. The van der Waals surface area contributed by atoms with Crippen LogP contribution in [0.3, 0.4) is 0 Å². The van der Waals surface area contributed by atoms with Crippen LogP contribution in [0.5, 0.6) is 5.75 Å². The zero-order chi connectivity index (χ0) is 13.1. The van der Waals surface area contributed by atoms with Crippen molar-refractivity contribution < 1.29 is 14.6 Å². The Morgan fingerprint density at radius 3 is 2.94 bits per heavy atom. The van der Waals surface area contributed by atoms with Gasteiger partial charge in [-0.15, -0.1) is 0 Å². The second kappa shape index (κ2) is 5.40. The van der Waals surface area contributed by atoms with Crippen LogP contribution in [-0.2, 0) is 4.74 Å². The van der Waals surface area contributed by atoms with Gasteiger partial charge in [-0.25, -0.2) is 0 Å². The van der Waals surface area contributed by atoms with Gasteiger partial charge in [0.2, 0.25) is 0 Å². The lowest BCUT2D eigenvalue weighted by molar-refractivity contribution is 0.0136. The summed E-state index contributed by atoms with van der Waals surface area (Å²) in [5, 5.41) is 12.7. The van der Waals surface area contributed by atoms with Gasteiger partial charge in [-0.05, 0) is 44.4 Å². The molecule has 1 aromatic carbocycles. The van der Waals surface area contributed by atoms with Crippen molar-refractivity contribution in [3.63, 3.8) is 0 Å². The third-order valence-corrected chi connectivity index (χ3v) is 3.22. The third-order valence-electron chi connectivity index (χ3n) is 3.22. The smallest absolute Gasteiger partial charge is 0.255 e. The Morgan fingerprint density at radius 2 is 2.28 bits per heavy atom. The molecule has 4 heteroatoms. The highest BCUT2D eigenvalue weighted by Gasteiger charge is 2.22. The van der Waals surface area contributed by atoms with Crippen LogP contribution in [-0.4, -0.2) is 29.8 Å². The first-order chi connectivity index (χ1) is 8.56. The predicted molar refractivity (Wildman–Crippen MR) is 68.7 cm³/mol. The van der Waals surface area contributed by atoms with Crippen molar-refractivity contribution in [3.8, 4) is 5.75 Å². The fourth-order valence-corrected chi connectivity index (χ4v) is 2.23. The highest BCUT2D eigenvalue weighted by atomic mass is 16.5. The van der Waals surface area contributed by atoms with Crippen LogP contribution < -0.4 is 5.32 Å². The van der Waals surface area contributed by atoms with Crippen molar-refractivity contribution >= 4 is 5.91 Å². The van der Waals surface area contributed by atoms with Crippen LogP contribution in [0.15, 0.2) is 18.2 Å². The molecular weight excluding hydrogens is 230 g/mol. The molecule has 1 saturated heterocycles. The molecule has 0 bridgehead atoms. The van der Waals surface area contributed by atoms with Gasteiger partial charge in [0.25, 0.3) is 5.91 Å².